The van der Waals surface area contributed by atoms with Gasteiger partial charge in [-0.05, 0) is 44.0 Å². The van der Waals surface area contributed by atoms with Crippen molar-refractivity contribution in [1.29, 1.82) is 0 Å². The molecule has 144 valence electrons. The van der Waals surface area contributed by atoms with E-state index in [1.54, 1.807) is 19.1 Å². The number of aromatic nitrogens is 3. The number of urea groups is 1. The third-order valence-corrected chi connectivity index (χ3v) is 5.46. The number of rotatable bonds is 6. The number of benzene rings is 1. The van der Waals surface area contributed by atoms with Crippen LogP contribution in [0.15, 0.2) is 29.4 Å². The Morgan fingerprint density at radius 1 is 1.41 bits per heavy atom. The van der Waals surface area contributed by atoms with Gasteiger partial charge in [0.15, 0.2) is 11.0 Å². The van der Waals surface area contributed by atoms with Crippen LogP contribution >= 0.6 is 23.4 Å². The first-order valence-corrected chi connectivity index (χ1v) is 9.77. The number of hydrogen-bond donors (Lipinski definition) is 2. The van der Waals surface area contributed by atoms with Crippen molar-refractivity contribution in [3.05, 3.63) is 29.3 Å². The maximum Gasteiger partial charge on any atom is 0.318 e. The van der Waals surface area contributed by atoms with Gasteiger partial charge in [0, 0.05) is 17.2 Å². The van der Waals surface area contributed by atoms with E-state index < -0.39 is 17.2 Å². The first-order chi connectivity index (χ1) is 12.9. The molecule has 1 aromatic heterocycles. The van der Waals surface area contributed by atoms with Crippen molar-refractivity contribution in [3.63, 3.8) is 0 Å². The van der Waals surface area contributed by atoms with E-state index in [1.807, 2.05) is 16.7 Å². The summed E-state index contributed by atoms with van der Waals surface area (Å²) in [6, 6.07) is 6.44. The van der Waals surface area contributed by atoms with E-state index in [1.165, 1.54) is 11.8 Å². The molecule has 2 heterocycles. The van der Waals surface area contributed by atoms with E-state index in [0.29, 0.717) is 22.5 Å². The predicted molar refractivity (Wildman–Crippen MR) is 102 cm³/mol. The van der Waals surface area contributed by atoms with Crippen LogP contribution in [-0.4, -0.2) is 44.7 Å². The normalized spacial score (nSPS) is 17.6. The second-order valence-corrected chi connectivity index (χ2v) is 7.92. The molecule has 10 heteroatoms. The number of carbonyl (C=O) groups excluding carboxylic acids is 2. The van der Waals surface area contributed by atoms with E-state index in [4.69, 9.17) is 22.1 Å². The molecule has 8 nitrogen and oxygen atoms in total. The topological polar surface area (TPSA) is 112 Å². The van der Waals surface area contributed by atoms with Crippen LogP contribution in [0, 0.1) is 0 Å². The Hall–Kier alpha value is -2.10. The summed E-state index contributed by atoms with van der Waals surface area (Å²) in [5.74, 6) is 0.194. The minimum absolute atomic E-state index is 0.0705. The highest BCUT2D eigenvalue weighted by Gasteiger charge is 2.25. The first kappa shape index (κ1) is 19.7. The number of nitrogens with two attached hydrogens (primary N) is 1. The van der Waals surface area contributed by atoms with Gasteiger partial charge in [0.2, 0.25) is 5.91 Å². The fourth-order valence-corrected chi connectivity index (χ4v) is 3.76. The highest BCUT2D eigenvalue weighted by atomic mass is 35.5. The Bertz CT molecular complexity index is 820. The van der Waals surface area contributed by atoms with Crippen LogP contribution in [0.4, 0.5) is 4.79 Å². The molecule has 1 saturated heterocycles. The zero-order chi connectivity index (χ0) is 19.4. The summed E-state index contributed by atoms with van der Waals surface area (Å²) < 4.78 is 7.69. The number of imide groups is 1. The molecule has 1 fully saturated rings. The molecule has 3 amide bonds. The molecule has 1 aliphatic rings. The maximum absolute atomic E-state index is 12.0. The molecule has 0 bridgehead atoms. The number of nitrogens with one attached hydrogen (secondary N) is 1. The molecule has 2 atom stereocenters. The summed E-state index contributed by atoms with van der Waals surface area (Å²) in [5.41, 5.74) is 5.88. The standard InChI is InChI=1S/C17H20ClN5O3S/c1-10(15(24)20-16(19)25)27-17-22-21-14(11-4-6-12(18)7-5-11)23(17)9-13-3-2-8-26-13/h4-7,10,13H,2-3,8-9H2,1H3,(H3,19,20,24,25)/t10-,13+/m1/s1. The number of hydrogen-bond acceptors (Lipinski definition) is 6. The van der Waals surface area contributed by atoms with Crippen LogP contribution < -0.4 is 11.1 Å². The third-order valence-electron chi connectivity index (χ3n) is 4.13. The van der Waals surface area contributed by atoms with Crippen LogP contribution in [-0.2, 0) is 16.1 Å². The van der Waals surface area contributed by atoms with Gasteiger partial charge < -0.3 is 10.5 Å². The highest BCUT2D eigenvalue weighted by molar-refractivity contribution is 8.00. The van der Waals surface area contributed by atoms with Crippen molar-refractivity contribution in [3.8, 4) is 11.4 Å². The van der Waals surface area contributed by atoms with Gasteiger partial charge in [-0.1, -0.05) is 23.4 Å². The number of ether oxygens (including phenoxy) is 1. The van der Waals surface area contributed by atoms with Gasteiger partial charge >= 0.3 is 6.03 Å². The summed E-state index contributed by atoms with van der Waals surface area (Å²) in [4.78, 5) is 22.9. The zero-order valence-electron chi connectivity index (χ0n) is 14.7. The van der Waals surface area contributed by atoms with Gasteiger partial charge in [-0.2, -0.15) is 0 Å². The largest absolute Gasteiger partial charge is 0.376 e. The summed E-state index contributed by atoms with van der Waals surface area (Å²) in [6.07, 6.45) is 2.05. The molecule has 0 spiro atoms. The SMILES string of the molecule is C[C@@H](Sc1nnc(-c2ccc(Cl)cc2)n1C[C@@H]1CCCO1)C(=O)NC(N)=O. The molecule has 2 aromatic rings. The Morgan fingerprint density at radius 3 is 2.78 bits per heavy atom. The van der Waals surface area contributed by atoms with Gasteiger partial charge in [-0.15, -0.1) is 10.2 Å². The number of thioether (sulfide) groups is 1. The molecule has 27 heavy (non-hydrogen) atoms. The Labute approximate surface area is 165 Å². The van der Waals surface area contributed by atoms with Crippen molar-refractivity contribution < 1.29 is 14.3 Å². The van der Waals surface area contributed by atoms with Crippen molar-refractivity contribution >= 4 is 35.3 Å². The second kappa shape index (κ2) is 8.73. The van der Waals surface area contributed by atoms with Crippen molar-refractivity contribution in [2.24, 2.45) is 5.73 Å². The summed E-state index contributed by atoms with van der Waals surface area (Å²) in [5, 5.41) is 11.3. The summed E-state index contributed by atoms with van der Waals surface area (Å²) in [7, 11) is 0. The molecule has 1 aromatic carbocycles. The van der Waals surface area contributed by atoms with E-state index in [-0.39, 0.29) is 6.10 Å². The fourth-order valence-electron chi connectivity index (χ4n) is 2.78. The number of carbonyl (C=O) groups is 2. The third kappa shape index (κ3) is 5.00. The molecular weight excluding hydrogens is 390 g/mol. The lowest BCUT2D eigenvalue weighted by molar-refractivity contribution is -0.119. The number of halogens is 1. The minimum Gasteiger partial charge on any atom is -0.376 e. The minimum atomic E-state index is -0.880. The fraction of sp³-hybridized carbons (Fsp3) is 0.412. The van der Waals surface area contributed by atoms with Gasteiger partial charge in [0.25, 0.3) is 0 Å². The van der Waals surface area contributed by atoms with Crippen LogP contribution in [0.2, 0.25) is 5.02 Å². The smallest absolute Gasteiger partial charge is 0.318 e. The highest BCUT2D eigenvalue weighted by Crippen LogP contribution is 2.29. The van der Waals surface area contributed by atoms with Gasteiger partial charge in [0.05, 0.1) is 17.9 Å². The number of primary amides is 1. The maximum atomic E-state index is 12.0. The second-order valence-electron chi connectivity index (χ2n) is 6.17. The summed E-state index contributed by atoms with van der Waals surface area (Å²) in [6.45, 7) is 3.00. The Morgan fingerprint density at radius 2 is 2.15 bits per heavy atom. The van der Waals surface area contributed by atoms with Gasteiger partial charge in [0.1, 0.15) is 0 Å². The summed E-state index contributed by atoms with van der Waals surface area (Å²) >= 11 is 7.19. The Kier molecular flexibility index (Phi) is 6.35. The lowest BCUT2D eigenvalue weighted by atomic mass is 10.2. The van der Waals surface area contributed by atoms with E-state index >= 15 is 0 Å². The first-order valence-electron chi connectivity index (χ1n) is 8.51. The van der Waals surface area contributed by atoms with Crippen molar-refractivity contribution in [1.82, 2.24) is 20.1 Å². The average molecular weight is 410 g/mol. The molecule has 0 saturated carbocycles. The quantitative estimate of drug-likeness (QED) is 0.708. The monoisotopic (exact) mass is 409 g/mol. The Balaban J connectivity index is 1.87. The van der Waals surface area contributed by atoms with E-state index in [9.17, 15) is 9.59 Å². The zero-order valence-corrected chi connectivity index (χ0v) is 16.3. The van der Waals surface area contributed by atoms with E-state index in [2.05, 4.69) is 15.5 Å². The van der Waals surface area contributed by atoms with E-state index in [0.717, 1.165) is 25.0 Å². The van der Waals surface area contributed by atoms with Crippen LogP contribution in [0.5, 0.6) is 0 Å². The van der Waals surface area contributed by atoms with Crippen LogP contribution in [0.25, 0.3) is 11.4 Å². The van der Waals surface area contributed by atoms with Crippen LogP contribution in [0.3, 0.4) is 0 Å². The molecule has 3 N–H and O–H groups in total. The molecule has 3 rings (SSSR count). The number of amides is 3. The van der Waals surface area contributed by atoms with Gasteiger partial charge in [-0.25, -0.2) is 4.79 Å². The number of nitrogens with zero attached hydrogens (tertiary/aromatic N) is 3. The lowest BCUT2D eigenvalue weighted by Gasteiger charge is -2.16. The predicted octanol–water partition coefficient (Wildman–Crippen LogP) is 2.45. The molecule has 0 aliphatic carbocycles. The van der Waals surface area contributed by atoms with Crippen LogP contribution in [0.1, 0.15) is 19.8 Å². The van der Waals surface area contributed by atoms with Crippen molar-refractivity contribution in [2.75, 3.05) is 6.61 Å². The molecule has 1 aliphatic heterocycles. The average Bonchev–Trinajstić information content (AvgIpc) is 3.26. The lowest BCUT2D eigenvalue weighted by Crippen LogP contribution is -2.39. The molecular formula is C17H20ClN5O3S. The molecule has 0 radical (unpaired) electrons. The van der Waals surface area contributed by atoms with Crippen molar-refractivity contribution in [2.45, 2.75) is 42.8 Å². The van der Waals surface area contributed by atoms with Gasteiger partial charge in [-0.3, -0.25) is 14.7 Å². The molecule has 0 unspecified atom stereocenters.